The molecule has 1 aromatic rings. The first kappa shape index (κ1) is 14.5. The largest absolute Gasteiger partial charge is 0.325 e. The zero-order valence-corrected chi connectivity index (χ0v) is 13.1. The number of nitrogens with one attached hydrogen (secondary N) is 1. The Morgan fingerprint density at radius 1 is 1.24 bits per heavy atom. The maximum absolute atomic E-state index is 13.9. The van der Waals surface area contributed by atoms with Gasteiger partial charge in [0.05, 0.1) is 6.54 Å². The Balaban J connectivity index is 1.82. The predicted molar refractivity (Wildman–Crippen MR) is 79.0 cm³/mol. The third kappa shape index (κ3) is 2.57. The van der Waals surface area contributed by atoms with Crippen molar-refractivity contribution >= 4 is 27.9 Å². The van der Waals surface area contributed by atoms with Gasteiger partial charge >= 0.3 is 6.03 Å². The van der Waals surface area contributed by atoms with Crippen molar-refractivity contribution in [1.29, 1.82) is 0 Å². The minimum absolute atomic E-state index is 0.0223. The fourth-order valence-corrected chi connectivity index (χ4v) is 3.47. The summed E-state index contributed by atoms with van der Waals surface area (Å²) in [6.07, 6.45) is 4.32. The minimum Gasteiger partial charge on any atom is -0.323 e. The van der Waals surface area contributed by atoms with Crippen molar-refractivity contribution in [2.45, 2.75) is 44.2 Å². The summed E-state index contributed by atoms with van der Waals surface area (Å²) in [5.74, 6) is -0.635. The molecule has 1 N–H and O–H groups in total. The highest BCUT2D eigenvalue weighted by Gasteiger charge is 2.51. The average molecular weight is 355 g/mol. The molecule has 1 aromatic carbocycles. The Labute approximate surface area is 130 Å². The first-order chi connectivity index (χ1) is 10.0. The molecule has 1 spiro atoms. The third-order valence-corrected chi connectivity index (χ3v) is 4.79. The van der Waals surface area contributed by atoms with E-state index in [-0.39, 0.29) is 12.5 Å². The lowest BCUT2D eigenvalue weighted by molar-refractivity contribution is -0.132. The van der Waals surface area contributed by atoms with Gasteiger partial charge in [0.2, 0.25) is 0 Å². The molecule has 0 radical (unpaired) electrons. The normalized spacial score (nSPS) is 21.0. The minimum atomic E-state index is -0.749. The number of imide groups is 1. The van der Waals surface area contributed by atoms with Gasteiger partial charge in [0.15, 0.2) is 0 Å². The highest BCUT2D eigenvalue weighted by Crippen LogP contribution is 2.34. The van der Waals surface area contributed by atoms with Crippen LogP contribution in [-0.2, 0) is 11.3 Å². The Morgan fingerprint density at radius 2 is 1.95 bits per heavy atom. The molecule has 1 saturated carbocycles. The second-order valence-corrected chi connectivity index (χ2v) is 6.62. The van der Waals surface area contributed by atoms with Gasteiger partial charge in [0.25, 0.3) is 5.91 Å². The van der Waals surface area contributed by atoms with Gasteiger partial charge in [-0.1, -0.05) is 41.3 Å². The van der Waals surface area contributed by atoms with E-state index in [1.807, 2.05) is 0 Å². The summed E-state index contributed by atoms with van der Waals surface area (Å²) in [6.45, 7) is -0.0223. The molecular weight excluding hydrogens is 339 g/mol. The van der Waals surface area contributed by atoms with Crippen LogP contribution in [-0.4, -0.2) is 22.4 Å². The van der Waals surface area contributed by atoms with E-state index >= 15 is 0 Å². The van der Waals surface area contributed by atoms with Crippen molar-refractivity contribution in [2.24, 2.45) is 0 Å². The lowest BCUT2D eigenvalue weighted by Crippen LogP contribution is -2.48. The molecule has 21 heavy (non-hydrogen) atoms. The Bertz CT molecular complexity index is 599. The lowest BCUT2D eigenvalue weighted by atomic mass is 9.82. The summed E-state index contributed by atoms with van der Waals surface area (Å²) in [5, 5.41) is 2.83. The number of rotatable bonds is 2. The third-order valence-electron chi connectivity index (χ3n) is 4.30. The molecular formula is C15H16BrFN2O2. The van der Waals surface area contributed by atoms with Crippen LogP contribution in [0.2, 0.25) is 0 Å². The molecule has 0 aromatic heterocycles. The molecule has 3 rings (SSSR count). The van der Waals surface area contributed by atoms with Crippen LogP contribution >= 0.6 is 15.9 Å². The summed E-state index contributed by atoms with van der Waals surface area (Å²) >= 11 is 3.19. The second kappa shape index (κ2) is 5.40. The molecule has 6 heteroatoms. The van der Waals surface area contributed by atoms with Crippen LogP contribution in [0.5, 0.6) is 0 Å². The summed E-state index contributed by atoms with van der Waals surface area (Å²) in [5.41, 5.74) is -0.407. The molecule has 0 bridgehead atoms. The number of carbonyl (C=O) groups is 2. The van der Waals surface area contributed by atoms with Gasteiger partial charge in [-0.2, -0.15) is 0 Å². The van der Waals surface area contributed by atoms with Crippen LogP contribution in [0.3, 0.4) is 0 Å². The van der Waals surface area contributed by atoms with Gasteiger partial charge in [-0.05, 0) is 25.0 Å². The Hall–Kier alpha value is -1.43. The van der Waals surface area contributed by atoms with E-state index in [1.165, 1.54) is 6.07 Å². The summed E-state index contributed by atoms with van der Waals surface area (Å²) in [6, 6.07) is 4.22. The fourth-order valence-electron chi connectivity index (χ4n) is 3.13. The molecule has 2 fully saturated rings. The number of hydrogen-bond donors (Lipinski definition) is 1. The van der Waals surface area contributed by atoms with Crippen LogP contribution in [0.4, 0.5) is 9.18 Å². The van der Waals surface area contributed by atoms with Gasteiger partial charge in [-0.15, -0.1) is 0 Å². The van der Waals surface area contributed by atoms with Crippen LogP contribution in [0.25, 0.3) is 0 Å². The highest BCUT2D eigenvalue weighted by molar-refractivity contribution is 9.10. The van der Waals surface area contributed by atoms with Crippen LogP contribution < -0.4 is 5.32 Å². The lowest BCUT2D eigenvalue weighted by Gasteiger charge is -2.30. The SMILES string of the molecule is O=C1NC2(CCCCC2)C(=O)N1Cc1ccc(Br)cc1F. The van der Waals surface area contributed by atoms with E-state index in [9.17, 15) is 14.0 Å². The molecule has 1 saturated heterocycles. The number of benzene rings is 1. The molecule has 112 valence electrons. The van der Waals surface area contributed by atoms with E-state index < -0.39 is 17.4 Å². The predicted octanol–water partition coefficient (Wildman–Crippen LogP) is 3.34. The second-order valence-electron chi connectivity index (χ2n) is 5.70. The van der Waals surface area contributed by atoms with Crippen molar-refractivity contribution in [3.05, 3.63) is 34.1 Å². The van der Waals surface area contributed by atoms with Crippen LogP contribution in [0.1, 0.15) is 37.7 Å². The van der Waals surface area contributed by atoms with E-state index in [0.717, 1.165) is 24.2 Å². The number of halogens is 2. The van der Waals surface area contributed by atoms with Gasteiger partial charge in [0.1, 0.15) is 11.4 Å². The number of nitrogens with zero attached hydrogens (tertiary/aromatic N) is 1. The molecule has 3 amide bonds. The number of urea groups is 1. The zero-order valence-electron chi connectivity index (χ0n) is 11.5. The van der Waals surface area contributed by atoms with E-state index in [2.05, 4.69) is 21.2 Å². The fraction of sp³-hybridized carbons (Fsp3) is 0.467. The summed E-state index contributed by atoms with van der Waals surface area (Å²) < 4.78 is 14.5. The molecule has 4 nitrogen and oxygen atoms in total. The Morgan fingerprint density at radius 3 is 2.62 bits per heavy atom. The monoisotopic (exact) mass is 354 g/mol. The molecule has 2 aliphatic rings. The quantitative estimate of drug-likeness (QED) is 0.828. The summed E-state index contributed by atoms with van der Waals surface area (Å²) in [7, 11) is 0. The van der Waals surface area contributed by atoms with Crippen molar-refractivity contribution in [3.8, 4) is 0 Å². The van der Waals surface area contributed by atoms with Crippen molar-refractivity contribution in [3.63, 3.8) is 0 Å². The van der Waals surface area contributed by atoms with Crippen LogP contribution in [0.15, 0.2) is 22.7 Å². The highest BCUT2D eigenvalue weighted by atomic mass is 79.9. The Kier molecular flexibility index (Phi) is 3.73. The van der Waals surface area contributed by atoms with Crippen molar-refractivity contribution in [2.75, 3.05) is 0 Å². The maximum atomic E-state index is 13.9. The number of carbonyl (C=O) groups excluding carboxylic acids is 2. The van der Waals surface area contributed by atoms with Crippen molar-refractivity contribution < 1.29 is 14.0 Å². The molecule has 1 aliphatic carbocycles. The van der Waals surface area contributed by atoms with Crippen LogP contribution in [0, 0.1) is 5.82 Å². The van der Waals surface area contributed by atoms with Gasteiger partial charge in [-0.3, -0.25) is 9.69 Å². The van der Waals surface area contributed by atoms with E-state index in [4.69, 9.17) is 0 Å². The average Bonchev–Trinajstić information content (AvgIpc) is 2.67. The van der Waals surface area contributed by atoms with Gasteiger partial charge in [-0.25, -0.2) is 9.18 Å². The van der Waals surface area contributed by atoms with Crippen molar-refractivity contribution in [1.82, 2.24) is 10.2 Å². The first-order valence-corrected chi connectivity index (χ1v) is 7.89. The van der Waals surface area contributed by atoms with E-state index in [0.29, 0.717) is 22.9 Å². The molecule has 0 atom stereocenters. The topological polar surface area (TPSA) is 49.4 Å². The van der Waals surface area contributed by atoms with Gasteiger partial charge in [0, 0.05) is 10.0 Å². The smallest absolute Gasteiger partial charge is 0.323 e. The zero-order chi connectivity index (χ0) is 15.0. The summed E-state index contributed by atoms with van der Waals surface area (Å²) in [4.78, 5) is 25.8. The molecule has 0 unspecified atom stereocenters. The molecule has 1 aliphatic heterocycles. The number of hydrogen-bond acceptors (Lipinski definition) is 2. The standard InChI is InChI=1S/C15H16BrFN2O2/c16-11-5-4-10(12(17)8-11)9-19-13(20)15(18-14(19)21)6-2-1-3-7-15/h4-5,8H,1-3,6-7,9H2,(H,18,21). The first-order valence-electron chi connectivity index (χ1n) is 7.10. The molecule has 1 heterocycles. The van der Waals surface area contributed by atoms with Gasteiger partial charge < -0.3 is 5.32 Å². The van der Waals surface area contributed by atoms with E-state index in [1.54, 1.807) is 12.1 Å². The number of amides is 3. The maximum Gasteiger partial charge on any atom is 0.325 e.